The van der Waals surface area contributed by atoms with Gasteiger partial charge in [-0.3, -0.25) is 0 Å². The Morgan fingerprint density at radius 2 is 2.00 bits per heavy atom. The first kappa shape index (κ1) is 14.1. The van der Waals surface area contributed by atoms with E-state index in [0.717, 1.165) is 56.1 Å². The summed E-state index contributed by atoms with van der Waals surface area (Å²) in [6, 6.07) is 0.483. The van der Waals surface area contributed by atoms with Gasteiger partial charge in [0.15, 0.2) is 0 Å². The fraction of sp³-hybridized carbons (Fsp3) is 0.714. The van der Waals surface area contributed by atoms with Crippen LogP contribution in [-0.4, -0.2) is 36.3 Å². The summed E-state index contributed by atoms with van der Waals surface area (Å²) in [5, 5.41) is 0. The van der Waals surface area contributed by atoms with Gasteiger partial charge in [0.1, 0.15) is 17.5 Å². The molecule has 1 aliphatic rings. The van der Waals surface area contributed by atoms with E-state index in [0.29, 0.717) is 11.9 Å². The van der Waals surface area contributed by atoms with Crippen LogP contribution in [0.2, 0.25) is 0 Å². The van der Waals surface area contributed by atoms with E-state index in [1.807, 2.05) is 6.92 Å². The Balaban J connectivity index is 2.25. The van der Waals surface area contributed by atoms with Crippen molar-refractivity contribution in [2.24, 2.45) is 0 Å². The van der Waals surface area contributed by atoms with Gasteiger partial charge in [-0.2, -0.15) is 0 Å². The maximum atomic E-state index is 6.02. The molecule has 0 atom stereocenters. The molecule has 0 radical (unpaired) electrons. The number of hydrogen-bond acceptors (Lipinski definition) is 5. The molecule has 0 saturated carbocycles. The van der Waals surface area contributed by atoms with Crippen LogP contribution in [0, 0.1) is 6.92 Å². The third-order valence-electron chi connectivity index (χ3n) is 3.75. The van der Waals surface area contributed by atoms with Gasteiger partial charge >= 0.3 is 0 Å². The topological polar surface area (TPSA) is 64.3 Å². The zero-order chi connectivity index (χ0) is 13.8. The number of aryl methyl sites for hydroxylation is 1. The lowest BCUT2D eigenvalue weighted by Gasteiger charge is -2.33. The van der Waals surface area contributed by atoms with Crippen molar-refractivity contribution in [2.75, 3.05) is 30.9 Å². The van der Waals surface area contributed by atoms with E-state index in [2.05, 4.69) is 23.9 Å². The fourth-order valence-electron chi connectivity index (χ4n) is 2.49. The smallest absolute Gasteiger partial charge is 0.137 e. The summed E-state index contributed by atoms with van der Waals surface area (Å²) in [6.07, 6.45) is 3.99. The first-order chi connectivity index (χ1) is 9.13. The molecule has 19 heavy (non-hydrogen) atoms. The van der Waals surface area contributed by atoms with Crippen LogP contribution in [-0.2, 0) is 11.2 Å². The monoisotopic (exact) mass is 264 g/mol. The number of anilines is 2. The average molecular weight is 264 g/mol. The van der Waals surface area contributed by atoms with Crippen molar-refractivity contribution in [2.45, 2.75) is 45.6 Å². The number of rotatable bonds is 4. The molecular weight excluding hydrogens is 240 g/mol. The number of nitrogen functional groups attached to an aromatic ring is 1. The van der Waals surface area contributed by atoms with Crippen molar-refractivity contribution in [3.8, 4) is 0 Å². The summed E-state index contributed by atoms with van der Waals surface area (Å²) in [4.78, 5) is 11.3. The lowest BCUT2D eigenvalue weighted by atomic mass is 10.1. The summed E-state index contributed by atoms with van der Waals surface area (Å²) < 4.78 is 5.42. The molecule has 1 saturated heterocycles. The molecule has 0 bridgehead atoms. The van der Waals surface area contributed by atoms with E-state index in [-0.39, 0.29) is 0 Å². The number of hydrogen-bond donors (Lipinski definition) is 1. The highest BCUT2D eigenvalue weighted by atomic mass is 16.5. The van der Waals surface area contributed by atoms with Gasteiger partial charge in [0, 0.05) is 38.3 Å². The van der Waals surface area contributed by atoms with Gasteiger partial charge in [0.05, 0.1) is 0 Å². The largest absolute Gasteiger partial charge is 0.383 e. The second-order valence-corrected chi connectivity index (χ2v) is 5.18. The van der Waals surface area contributed by atoms with Gasteiger partial charge in [0.25, 0.3) is 0 Å². The van der Waals surface area contributed by atoms with Crippen molar-refractivity contribution in [1.29, 1.82) is 0 Å². The summed E-state index contributed by atoms with van der Waals surface area (Å²) in [7, 11) is 2.10. The van der Waals surface area contributed by atoms with E-state index in [1.165, 1.54) is 0 Å². The molecule has 2 N–H and O–H groups in total. The Bertz CT molecular complexity index is 430. The van der Waals surface area contributed by atoms with Crippen LogP contribution in [0.15, 0.2) is 0 Å². The van der Waals surface area contributed by atoms with E-state index >= 15 is 0 Å². The highest BCUT2D eigenvalue weighted by Crippen LogP contribution is 2.25. The molecule has 2 rings (SSSR count). The van der Waals surface area contributed by atoms with Crippen LogP contribution < -0.4 is 10.6 Å². The molecule has 2 heterocycles. The molecule has 1 aromatic heterocycles. The predicted octanol–water partition coefficient (Wildman–Crippen LogP) is 1.93. The van der Waals surface area contributed by atoms with Crippen LogP contribution in [0.4, 0.5) is 11.6 Å². The van der Waals surface area contributed by atoms with Crippen molar-refractivity contribution in [3.63, 3.8) is 0 Å². The fourth-order valence-corrected chi connectivity index (χ4v) is 2.49. The molecule has 1 aliphatic heterocycles. The molecule has 0 unspecified atom stereocenters. The Morgan fingerprint density at radius 3 is 2.63 bits per heavy atom. The Kier molecular flexibility index (Phi) is 4.58. The van der Waals surface area contributed by atoms with E-state index < -0.39 is 0 Å². The second-order valence-electron chi connectivity index (χ2n) is 5.18. The van der Waals surface area contributed by atoms with Gasteiger partial charge < -0.3 is 15.4 Å². The van der Waals surface area contributed by atoms with Gasteiger partial charge in [-0.15, -0.1) is 0 Å². The number of aromatic nitrogens is 2. The predicted molar refractivity (Wildman–Crippen MR) is 77.4 cm³/mol. The van der Waals surface area contributed by atoms with Crippen molar-refractivity contribution in [3.05, 3.63) is 11.4 Å². The van der Waals surface area contributed by atoms with Gasteiger partial charge in [0.2, 0.25) is 0 Å². The van der Waals surface area contributed by atoms with Crippen LogP contribution in [0.3, 0.4) is 0 Å². The zero-order valence-electron chi connectivity index (χ0n) is 12.1. The minimum atomic E-state index is 0.483. The highest BCUT2D eigenvalue weighted by molar-refractivity contribution is 5.56. The van der Waals surface area contributed by atoms with Gasteiger partial charge in [-0.1, -0.05) is 6.92 Å². The standard InChI is InChI=1S/C14H24N4O/c1-4-5-12-16-13(15)10(2)14(17-12)18(3)11-6-8-19-9-7-11/h11H,4-9H2,1-3H3,(H2,15,16,17). The maximum absolute atomic E-state index is 6.02. The molecule has 0 aliphatic carbocycles. The first-order valence-corrected chi connectivity index (χ1v) is 7.07. The van der Waals surface area contributed by atoms with E-state index in [9.17, 15) is 0 Å². The number of nitrogens with two attached hydrogens (primary N) is 1. The lowest BCUT2D eigenvalue weighted by molar-refractivity contribution is 0.0853. The Labute approximate surface area is 115 Å². The zero-order valence-corrected chi connectivity index (χ0v) is 12.1. The van der Waals surface area contributed by atoms with Crippen molar-refractivity contribution in [1.82, 2.24) is 9.97 Å². The molecule has 5 heteroatoms. The molecule has 0 spiro atoms. The minimum absolute atomic E-state index is 0.483. The summed E-state index contributed by atoms with van der Waals surface area (Å²) >= 11 is 0. The SMILES string of the molecule is CCCc1nc(N)c(C)c(N(C)C2CCOCC2)n1. The maximum Gasteiger partial charge on any atom is 0.137 e. The quantitative estimate of drug-likeness (QED) is 0.900. The average Bonchev–Trinajstić information content (AvgIpc) is 2.43. The molecule has 1 fully saturated rings. The van der Waals surface area contributed by atoms with Crippen molar-refractivity contribution >= 4 is 11.6 Å². The summed E-state index contributed by atoms with van der Waals surface area (Å²) in [6.45, 7) is 5.78. The number of nitrogens with zero attached hydrogens (tertiary/aromatic N) is 3. The molecule has 0 amide bonds. The van der Waals surface area contributed by atoms with Crippen molar-refractivity contribution < 1.29 is 4.74 Å². The highest BCUT2D eigenvalue weighted by Gasteiger charge is 2.22. The van der Waals surface area contributed by atoms with E-state index in [1.54, 1.807) is 0 Å². The Hall–Kier alpha value is -1.36. The van der Waals surface area contributed by atoms with Crippen LogP contribution in [0.1, 0.15) is 37.6 Å². The lowest BCUT2D eigenvalue weighted by Crippen LogP contribution is -2.37. The van der Waals surface area contributed by atoms with Crippen LogP contribution >= 0.6 is 0 Å². The second kappa shape index (κ2) is 6.19. The third-order valence-corrected chi connectivity index (χ3v) is 3.75. The number of ether oxygens (including phenoxy) is 1. The molecule has 1 aromatic rings. The van der Waals surface area contributed by atoms with Crippen LogP contribution in [0.25, 0.3) is 0 Å². The summed E-state index contributed by atoms with van der Waals surface area (Å²) in [5.74, 6) is 2.43. The third kappa shape index (κ3) is 3.15. The molecule has 5 nitrogen and oxygen atoms in total. The van der Waals surface area contributed by atoms with Gasteiger partial charge in [-0.25, -0.2) is 9.97 Å². The van der Waals surface area contributed by atoms with Gasteiger partial charge in [-0.05, 0) is 26.2 Å². The molecular formula is C14H24N4O. The minimum Gasteiger partial charge on any atom is -0.383 e. The van der Waals surface area contributed by atoms with Crippen LogP contribution in [0.5, 0.6) is 0 Å². The normalized spacial score (nSPS) is 16.6. The Morgan fingerprint density at radius 1 is 1.32 bits per heavy atom. The van der Waals surface area contributed by atoms with E-state index in [4.69, 9.17) is 15.5 Å². The first-order valence-electron chi connectivity index (χ1n) is 7.07. The molecule has 106 valence electrons. The molecule has 0 aromatic carbocycles. The summed E-state index contributed by atoms with van der Waals surface area (Å²) in [5.41, 5.74) is 7.00.